The summed E-state index contributed by atoms with van der Waals surface area (Å²) in [7, 11) is 0. The zero-order valence-electron chi connectivity index (χ0n) is 9.14. The summed E-state index contributed by atoms with van der Waals surface area (Å²) in [5.74, 6) is 0.252. The molecule has 0 saturated carbocycles. The first kappa shape index (κ1) is 10.4. The van der Waals surface area contributed by atoms with Crippen molar-refractivity contribution in [2.75, 3.05) is 0 Å². The molecular formula is C14H13NO. The minimum Gasteiger partial charge on any atom is -0.507 e. The number of phenolic OH excluding ortho intramolecular Hbond substituents is 1. The van der Waals surface area contributed by atoms with Crippen molar-refractivity contribution >= 4 is 16.5 Å². The first-order chi connectivity index (χ1) is 7.76. The van der Waals surface area contributed by atoms with Gasteiger partial charge in [0.05, 0.1) is 5.52 Å². The van der Waals surface area contributed by atoms with Crippen LogP contribution in [0.25, 0.3) is 16.5 Å². The summed E-state index contributed by atoms with van der Waals surface area (Å²) in [5.41, 5.74) is 2.71. The number of benzene rings is 1. The van der Waals surface area contributed by atoms with Gasteiger partial charge >= 0.3 is 0 Å². The maximum atomic E-state index is 9.89. The molecule has 0 unspecified atom stereocenters. The van der Waals surface area contributed by atoms with Crippen LogP contribution in [-0.2, 0) is 0 Å². The Balaban J connectivity index is 2.71. The maximum absolute atomic E-state index is 9.89. The lowest BCUT2D eigenvalue weighted by atomic mass is 10.0. The van der Waals surface area contributed by atoms with E-state index >= 15 is 0 Å². The number of rotatable bonds is 2. The van der Waals surface area contributed by atoms with Crippen LogP contribution < -0.4 is 0 Å². The topological polar surface area (TPSA) is 33.1 Å². The third kappa shape index (κ3) is 1.70. The molecule has 0 aliphatic rings. The second-order valence-electron chi connectivity index (χ2n) is 3.51. The minimum atomic E-state index is 0.252. The summed E-state index contributed by atoms with van der Waals surface area (Å²) in [6, 6.07) is 7.35. The molecule has 2 nitrogen and oxygen atoms in total. The van der Waals surface area contributed by atoms with E-state index in [1.54, 1.807) is 18.3 Å². The van der Waals surface area contributed by atoms with Crippen molar-refractivity contribution in [3.8, 4) is 5.75 Å². The van der Waals surface area contributed by atoms with E-state index in [0.29, 0.717) is 0 Å². The number of hydrogen-bond donors (Lipinski definition) is 1. The minimum absolute atomic E-state index is 0.252. The van der Waals surface area contributed by atoms with Gasteiger partial charge in [0.15, 0.2) is 0 Å². The highest BCUT2D eigenvalue weighted by Gasteiger charge is 2.04. The SMILES string of the molecule is C=C/C(=C\C)c1cc(O)c2cccnc2c1. The Labute approximate surface area is 94.6 Å². The number of pyridine rings is 1. The van der Waals surface area contributed by atoms with Crippen molar-refractivity contribution in [1.29, 1.82) is 0 Å². The van der Waals surface area contributed by atoms with Crippen molar-refractivity contribution < 1.29 is 5.11 Å². The lowest BCUT2D eigenvalue weighted by Crippen LogP contribution is -1.84. The molecule has 0 radical (unpaired) electrons. The molecule has 0 fully saturated rings. The fourth-order valence-electron chi connectivity index (χ4n) is 1.73. The van der Waals surface area contributed by atoms with Gasteiger partial charge in [-0.3, -0.25) is 4.98 Å². The Kier molecular flexibility index (Phi) is 2.73. The van der Waals surface area contributed by atoms with Crippen LogP contribution in [0.2, 0.25) is 0 Å². The Morgan fingerprint density at radius 3 is 2.94 bits per heavy atom. The molecule has 0 aliphatic heterocycles. The third-order valence-electron chi connectivity index (χ3n) is 2.56. The smallest absolute Gasteiger partial charge is 0.125 e. The standard InChI is InChI=1S/C14H13NO/c1-3-10(4-2)11-8-13-12(14(16)9-11)6-5-7-15-13/h3-9,16H,1H2,2H3/b10-4+. The van der Waals surface area contributed by atoms with Crippen molar-refractivity contribution in [3.63, 3.8) is 0 Å². The van der Waals surface area contributed by atoms with Gasteiger partial charge in [-0.1, -0.05) is 18.7 Å². The van der Waals surface area contributed by atoms with E-state index in [1.807, 2.05) is 31.2 Å². The van der Waals surface area contributed by atoms with Crippen LogP contribution in [0.3, 0.4) is 0 Å². The van der Waals surface area contributed by atoms with Crippen LogP contribution in [-0.4, -0.2) is 10.1 Å². The molecule has 0 amide bonds. The van der Waals surface area contributed by atoms with Gasteiger partial charge in [0.1, 0.15) is 5.75 Å². The molecular weight excluding hydrogens is 198 g/mol. The summed E-state index contributed by atoms with van der Waals surface area (Å²) in [5, 5.41) is 10.7. The number of nitrogens with zero attached hydrogens (tertiary/aromatic N) is 1. The average molecular weight is 211 g/mol. The molecule has 2 rings (SSSR count). The van der Waals surface area contributed by atoms with Crippen LogP contribution in [0.15, 0.2) is 49.2 Å². The second kappa shape index (κ2) is 4.19. The van der Waals surface area contributed by atoms with Gasteiger partial charge in [-0.05, 0) is 42.3 Å². The van der Waals surface area contributed by atoms with E-state index in [1.165, 1.54) is 0 Å². The Morgan fingerprint density at radius 2 is 2.25 bits per heavy atom. The molecule has 1 heterocycles. The fraction of sp³-hybridized carbons (Fsp3) is 0.0714. The molecule has 16 heavy (non-hydrogen) atoms. The Hall–Kier alpha value is -2.09. The van der Waals surface area contributed by atoms with Gasteiger partial charge in [0, 0.05) is 11.6 Å². The third-order valence-corrected chi connectivity index (χ3v) is 2.56. The number of hydrogen-bond acceptors (Lipinski definition) is 2. The number of fused-ring (bicyclic) bond motifs is 1. The molecule has 1 aromatic heterocycles. The van der Waals surface area contributed by atoms with Crippen LogP contribution >= 0.6 is 0 Å². The van der Waals surface area contributed by atoms with E-state index in [2.05, 4.69) is 11.6 Å². The zero-order chi connectivity index (χ0) is 11.5. The van der Waals surface area contributed by atoms with Gasteiger partial charge in [-0.25, -0.2) is 0 Å². The van der Waals surface area contributed by atoms with Crippen molar-refractivity contribution in [2.45, 2.75) is 6.92 Å². The number of allylic oxidation sites excluding steroid dienone is 3. The maximum Gasteiger partial charge on any atom is 0.125 e. The summed E-state index contributed by atoms with van der Waals surface area (Å²) in [4.78, 5) is 4.23. The molecule has 80 valence electrons. The average Bonchev–Trinajstić information content (AvgIpc) is 2.31. The summed E-state index contributed by atoms with van der Waals surface area (Å²) in [6.07, 6.45) is 5.44. The zero-order valence-corrected chi connectivity index (χ0v) is 9.14. The highest BCUT2D eigenvalue weighted by Crippen LogP contribution is 2.28. The first-order valence-corrected chi connectivity index (χ1v) is 5.13. The van der Waals surface area contributed by atoms with Gasteiger partial charge in [0.25, 0.3) is 0 Å². The van der Waals surface area contributed by atoms with Crippen molar-refractivity contribution in [3.05, 3.63) is 54.8 Å². The lowest BCUT2D eigenvalue weighted by molar-refractivity contribution is 0.481. The number of aromatic nitrogens is 1. The van der Waals surface area contributed by atoms with E-state index in [4.69, 9.17) is 0 Å². The van der Waals surface area contributed by atoms with Crippen LogP contribution in [0, 0.1) is 0 Å². The molecule has 1 N–H and O–H groups in total. The molecule has 0 aliphatic carbocycles. The van der Waals surface area contributed by atoms with Crippen molar-refractivity contribution in [1.82, 2.24) is 4.98 Å². The molecule has 0 atom stereocenters. The molecule has 0 bridgehead atoms. The predicted molar refractivity (Wildman–Crippen MR) is 67.3 cm³/mol. The molecule has 1 aromatic carbocycles. The largest absolute Gasteiger partial charge is 0.507 e. The van der Waals surface area contributed by atoms with E-state index in [0.717, 1.165) is 22.0 Å². The van der Waals surface area contributed by atoms with E-state index < -0.39 is 0 Å². The second-order valence-corrected chi connectivity index (χ2v) is 3.51. The quantitative estimate of drug-likeness (QED) is 0.771. The highest BCUT2D eigenvalue weighted by molar-refractivity contribution is 5.89. The van der Waals surface area contributed by atoms with E-state index in [-0.39, 0.29) is 5.75 Å². The predicted octanol–water partition coefficient (Wildman–Crippen LogP) is 3.53. The monoisotopic (exact) mass is 211 g/mol. The van der Waals surface area contributed by atoms with Gasteiger partial charge in [-0.2, -0.15) is 0 Å². The Bertz CT molecular complexity index is 570. The van der Waals surface area contributed by atoms with E-state index in [9.17, 15) is 5.11 Å². The summed E-state index contributed by atoms with van der Waals surface area (Å²) < 4.78 is 0. The van der Waals surface area contributed by atoms with Crippen LogP contribution in [0.4, 0.5) is 0 Å². The fourth-order valence-corrected chi connectivity index (χ4v) is 1.73. The Morgan fingerprint density at radius 1 is 1.44 bits per heavy atom. The normalized spacial score (nSPS) is 11.7. The molecule has 2 aromatic rings. The van der Waals surface area contributed by atoms with Gasteiger partial charge < -0.3 is 5.11 Å². The number of aromatic hydroxyl groups is 1. The van der Waals surface area contributed by atoms with Gasteiger partial charge in [0.2, 0.25) is 0 Å². The summed E-state index contributed by atoms with van der Waals surface area (Å²) in [6.45, 7) is 5.69. The molecule has 0 spiro atoms. The first-order valence-electron chi connectivity index (χ1n) is 5.13. The highest BCUT2D eigenvalue weighted by atomic mass is 16.3. The van der Waals surface area contributed by atoms with Gasteiger partial charge in [-0.15, -0.1) is 0 Å². The molecule has 2 heteroatoms. The van der Waals surface area contributed by atoms with Crippen molar-refractivity contribution in [2.24, 2.45) is 0 Å². The van der Waals surface area contributed by atoms with Crippen LogP contribution in [0.5, 0.6) is 5.75 Å². The number of phenols is 1. The lowest BCUT2D eigenvalue weighted by Gasteiger charge is -2.06. The summed E-state index contributed by atoms with van der Waals surface area (Å²) >= 11 is 0. The molecule has 0 saturated heterocycles. The van der Waals surface area contributed by atoms with Crippen LogP contribution in [0.1, 0.15) is 12.5 Å².